The lowest BCUT2D eigenvalue weighted by atomic mass is 10.0. The fourth-order valence-electron chi connectivity index (χ4n) is 21.0. The van der Waals surface area contributed by atoms with Gasteiger partial charge in [0, 0.05) is 187 Å². The number of hydrogen-bond donors (Lipinski definition) is 0. The third-order valence-corrected chi connectivity index (χ3v) is 27.8. The molecule has 0 aliphatic carbocycles. The molecule has 0 unspecified atom stereocenters. The number of ketones is 2. The van der Waals surface area contributed by atoms with Gasteiger partial charge >= 0.3 is 11.9 Å². The number of aryl methyl sites for hydroxylation is 6. The van der Waals surface area contributed by atoms with Crippen LogP contribution in [0.25, 0.3) is 131 Å². The van der Waals surface area contributed by atoms with Gasteiger partial charge in [-0.1, -0.05) is 249 Å². The standard InChI is InChI=1S/C125H110N6O12/c132-116(86-40-2-1-3-41-86)85-117(133)87-78-90(142-124(134)88-80-118(136-72-34-28-66-126-104-54-16-4-42-92(104)93-43-5-17-55-105(93)126)122(140-76-38-32-70-130-112-62-24-12-50-100(112)101-51-13-25-63-113(101)130)119(81-88)137-73-35-29-67-127-106-56-18-6-44-94(106)95-45-7-19-57-107(95)127)84-91(79-87)143-125(135)89-82-120(138-74-36-30-68-128-108-58-20-8-46-96(108)97-47-9-21-59-109(97)128)123(141-77-39-33-71-131-114-64-26-14-52-102(114)103-53-15-27-65-115(103)131)121(83-89)139-75-37-31-69-129-110-60-22-10-48-98(110)99-49-11-23-61-111(99)129/h1-27,40-65,78-84H,28-39,66-77,85H2. The quantitative estimate of drug-likeness (QED) is 0.0116. The molecule has 143 heavy (non-hydrogen) atoms. The first-order valence-electron chi connectivity index (χ1n) is 50.3. The average molecular weight is 1890 g/mol. The van der Waals surface area contributed by atoms with Crippen LogP contribution in [0.5, 0.6) is 46.0 Å². The van der Waals surface area contributed by atoms with Crippen molar-refractivity contribution in [2.24, 2.45) is 0 Å². The Balaban J connectivity index is 0.586. The number of fused-ring (bicyclic) bond motifs is 18. The van der Waals surface area contributed by atoms with Gasteiger partial charge < -0.3 is 65.3 Å². The van der Waals surface area contributed by atoms with Crippen LogP contribution >= 0.6 is 0 Å². The number of carbonyl (C=O) groups excluding carboxylic acids is 4. The van der Waals surface area contributed by atoms with Crippen LogP contribution in [0.15, 0.2) is 364 Å². The second kappa shape index (κ2) is 42.2. The minimum Gasteiger partial charge on any atom is -0.490 e. The molecule has 0 N–H and O–H groups in total. The van der Waals surface area contributed by atoms with E-state index >= 15 is 9.59 Å². The highest BCUT2D eigenvalue weighted by atomic mass is 16.6. The maximum Gasteiger partial charge on any atom is 0.343 e. The molecule has 16 aromatic carbocycles. The molecule has 22 rings (SSSR count). The zero-order valence-corrected chi connectivity index (χ0v) is 79.9. The summed E-state index contributed by atoms with van der Waals surface area (Å²) in [5, 5.41) is 14.4. The maximum atomic E-state index is 15.7. The number of ether oxygens (including phenoxy) is 8. The largest absolute Gasteiger partial charge is 0.490 e. The van der Waals surface area contributed by atoms with Crippen molar-refractivity contribution in [3.05, 3.63) is 386 Å². The van der Waals surface area contributed by atoms with Crippen LogP contribution in [-0.2, 0) is 39.3 Å². The topological polar surface area (TPSA) is 172 Å². The molecule has 18 nitrogen and oxygen atoms in total. The van der Waals surface area contributed by atoms with Crippen LogP contribution in [0, 0.1) is 0 Å². The van der Waals surface area contributed by atoms with Crippen molar-refractivity contribution in [2.75, 3.05) is 39.6 Å². The van der Waals surface area contributed by atoms with Crippen molar-refractivity contribution in [3.63, 3.8) is 0 Å². The molecule has 22 aromatic rings. The molecule has 712 valence electrons. The summed E-state index contributed by atoms with van der Waals surface area (Å²) in [7, 11) is 0. The van der Waals surface area contributed by atoms with Crippen molar-refractivity contribution in [1.29, 1.82) is 0 Å². The monoisotopic (exact) mass is 1890 g/mol. The number of unbranched alkanes of at least 4 members (excludes halogenated alkanes) is 6. The van der Waals surface area contributed by atoms with E-state index in [1.165, 1.54) is 105 Å². The molecule has 0 amide bonds. The van der Waals surface area contributed by atoms with E-state index in [9.17, 15) is 9.59 Å². The summed E-state index contributed by atoms with van der Waals surface area (Å²) in [6.07, 6.45) is 7.86. The molecule has 18 heteroatoms. The van der Waals surface area contributed by atoms with Gasteiger partial charge in [0.1, 0.15) is 11.5 Å². The van der Waals surface area contributed by atoms with Crippen molar-refractivity contribution in [1.82, 2.24) is 27.4 Å². The van der Waals surface area contributed by atoms with E-state index in [1.54, 1.807) is 54.6 Å². The minimum absolute atomic E-state index is 0.0442. The number of nitrogens with zero attached hydrogens (tertiary/aromatic N) is 6. The van der Waals surface area contributed by atoms with Gasteiger partial charge in [0.05, 0.1) is 57.2 Å². The molecule has 0 aliphatic heterocycles. The predicted octanol–water partition coefficient (Wildman–Crippen LogP) is 29.4. The molecular weight excluding hydrogens is 1780 g/mol. The molecule has 0 atom stereocenters. The van der Waals surface area contributed by atoms with Gasteiger partial charge in [0.15, 0.2) is 34.6 Å². The SMILES string of the molecule is O=C(CC(=O)c1cc(OC(=O)c2cc(OCCCCn3c4ccccc4c4ccccc43)c(OCCCCn3c4ccccc4c4ccccc43)c(OCCCCn3c4ccccc4c4ccccc43)c2)cc(OC(=O)c2cc(OCCCCn3c4ccccc4c4ccccc43)c(OCCCCn3c4ccccc4c4ccccc43)c(OCCCCn3c4ccccc4c4ccccc43)c2)c1)c1ccccc1. The average Bonchev–Trinajstić information content (AvgIpc) is 1.59. The van der Waals surface area contributed by atoms with Gasteiger partial charge in [0.25, 0.3) is 0 Å². The van der Waals surface area contributed by atoms with Crippen LogP contribution in [-0.4, -0.2) is 90.5 Å². The second-order valence-electron chi connectivity index (χ2n) is 36.9. The summed E-state index contributed by atoms with van der Waals surface area (Å²) >= 11 is 0. The van der Waals surface area contributed by atoms with E-state index in [0.29, 0.717) is 55.6 Å². The van der Waals surface area contributed by atoms with Crippen LogP contribution < -0.4 is 37.9 Å². The molecule has 6 aromatic heterocycles. The van der Waals surface area contributed by atoms with Gasteiger partial charge in [-0.3, -0.25) is 9.59 Å². The molecule has 0 saturated carbocycles. The number of benzene rings is 16. The van der Waals surface area contributed by atoms with Crippen LogP contribution in [0.2, 0.25) is 0 Å². The Morgan fingerprint density at radius 2 is 0.371 bits per heavy atom. The number of carbonyl (C=O) groups is 4. The van der Waals surface area contributed by atoms with Crippen molar-refractivity contribution < 1.29 is 57.1 Å². The molecule has 0 spiro atoms. The van der Waals surface area contributed by atoms with Crippen molar-refractivity contribution in [2.45, 2.75) is 123 Å². The summed E-state index contributed by atoms with van der Waals surface area (Å²) in [4.78, 5) is 60.6. The van der Waals surface area contributed by atoms with Crippen LogP contribution in [0.1, 0.15) is 125 Å². The Bertz CT molecular complexity index is 7420. The molecule has 0 radical (unpaired) electrons. The summed E-state index contributed by atoms with van der Waals surface area (Å²) in [6, 6.07) is 121. The third kappa shape index (κ3) is 19.2. The van der Waals surface area contributed by atoms with E-state index < -0.39 is 29.9 Å². The smallest absolute Gasteiger partial charge is 0.343 e. The lowest BCUT2D eigenvalue weighted by Gasteiger charge is -2.19. The summed E-state index contributed by atoms with van der Waals surface area (Å²) in [5.41, 5.74) is 14.2. The number of aromatic nitrogens is 6. The Morgan fingerprint density at radius 1 is 0.182 bits per heavy atom. The number of rotatable bonds is 44. The highest BCUT2D eigenvalue weighted by Gasteiger charge is 2.28. The number of esters is 2. The van der Waals surface area contributed by atoms with Crippen molar-refractivity contribution >= 4 is 154 Å². The van der Waals surface area contributed by atoms with E-state index in [0.717, 1.165) is 122 Å². The zero-order chi connectivity index (χ0) is 96.3. The Hall–Kier alpha value is -16.6. The molecular formula is C125H110N6O12. The Morgan fingerprint density at radius 3 is 0.587 bits per heavy atom. The highest BCUT2D eigenvalue weighted by Crippen LogP contribution is 2.45. The lowest BCUT2D eigenvalue weighted by molar-refractivity contribution is 0.0726. The summed E-state index contributed by atoms with van der Waals surface area (Å²) < 4.78 is 69.1. The fraction of sp³-hybridized carbons (Fsp3) is 0.200. The summed E-state index contributed by atoms with van der Waals surface area (Å²) in [6.45, 7) is 5.93. The second-order valence-corrected chi connectivity index (χ2v) is 36.9. The minimum atomic E-state index is -0.853. The molecule has 0 bridgehead atoms. The summed E-state index contributed by atoms with van der Waals surface area (Å²) in [5.74, 6) is -1.31. The fourth-order valence-corrected chi connectivity index (χ4v) is 21.0. The first kappa shape index (κ1) is 91.5. The first-order chi connectivity index (χ1) is 70.7. The Labute approximate surface area is 828 Å². The first-order valence-corrected chi connectivity index (χ1v) is 50.3. The number of hydrogen-bond acceptors (Lipinski definition) is 12. The normalized spacial score (nSPS) is 11.7. The maximum absolute atomic E-state index is 15.7. The highest BCUT2D eigenvalue weighted by molar-refractivity contribution is 6.15. The van der Waals surface area contributed by atoms with Gasteiger partial charge in [-0.05, 0) is 186 Å². The molecule has 6 heterocycles. The van der Waals surface area contributed by atoms with Gasteiger partial charge in [-0.25, -0.2) is 9.59 Å². The zero-order valence-electron chi connectivity index (χ0n) is 79.9. The predicted molar refractivity (Wildman–Crippen MR) is 574 cm³/mol. The molecule has 0 aliphatic rings. The van der Waals surface area contributed by atoms with Crippen LogP contribution in [0.3, 0.4) is 0 Å². The molecule has 0 fully saturated rings. The van der Waals surface area contributed by atoms with E-state index in [2.05, 4.69) is 319 Å². The molecule has 0 saturated heterocycles. The van der Waals surface area contributed by atoms with Gasteiger partial charge in [0.2, 0.25) is 11.5 Å². The third-order valence-electron chi connectivity index (χ3n) is 27.8. The van der Waals surface area contributed by atoms with E-state index in [-0.39, 0.29) is 90.8 Å². The van der Waals surface area contributed by atoms with Gasteiger partial charge in [-0.2, -0.15) is 0 Å². The van der Waals surface area contributed by atoms with Crippen LogP contribution in [0.4, 0.5) is 0 Å². The Kier molecular flexibility index (Phi) is 27.0. The number of Topliss-reactive ketones (excluding diaryl/α,β-unsaturated/α-hetero) is 2. The van der Waals surface area contributed by atoms with E-state index in [4.69, 9.17) is 37.9 Å². The lowest BCUT2D eigenvalue weighted by Crippen LogP contribution is -2.14. The van der Waals surface area contributed by atoms with E-state index in [1.807, 2.05) is 0 Å². The van der Waals surface area contributed by atoms with Crippen molar-refractivity contribution in [3.8, 4) is 46.0 Å². The number of para-hydroxylation sites is 12. The van der Waals surface area contributed by atoms with Gasteiger partial charge in [-0.15, -0.1) is 0 Å².